The van der Waals surface area contributed by atoms with Gasteiger partial charge >= 0.3 is 5.97 Å². The number of carboxylic acid groups (broad SMARTS) is 1. The van der Waals surface area contributed by atoms with Crippen molar-refractivity contribution >= 4 is 23.1 Å². The van der Waals surface area contributed by atoms with Gasteiger partial charge in [0.25, 0.3) is 0 Å². The average molecular weight is 336 g/mol. The quantitative estimate of drug-likeness (QED) is 0.564. The first-order valence-corrected chi connectivity index (χ1v) is 7.99. The van der Waals surface area contributed by atoms with E-state index < -0.39 is 11.6 Å². The summed E-state index contributed by atoms with van der Waals surface area (Å²) in [5.41, 5.74) is 2.64. The molecular formula is C20H20N2O3. The number of aryl methyl sites for hydroxylation is 1. The normalized spacial score (nSPS) is 12.0. The van der Waals surface area contributed by atoms with Crippen molar-refractivity contribution in [1.82, 2.24) is 4.57 Å². The molecule has 0 atom stereocenters. The van der Waals surface area contributed by atoms with Crippen LogP contribution in [0.5, 0.6) is 0 Å². The number of fused-ring (bicyclic) bond motifs is 1. The highest BCUT2D eigenvalue weighted by Gasteiger charge is 2.29. The van der Waals surface area contributed by atoms with E-state index in [1.807, 2.05) is 61.6 Å². The van der Waals surface area contributed by atoms with Crippen molar-refractivity contribution in [2.45, 2.75) is 19.4 Å². The lowest BCUT2D eigenvalue weighted by atomic mass is 10.1. The maximum absolute atomic E-state index is 11.2. The van der Waals surface area contributed by atoms with Crippen LogP contribution in [0.1, 0.15) is 19.4 Å². The van der Waals surface area contributed by atoms with Crippen molar-refractivity contribution in [3.05, 3.63) is 60.2 Å². The number of carboxylic acids is 1. The number of aliphatic carboxylic acids is 1. The number of para-hydroxylation sites is 1. The monoisotopic (exact) mass is 336 g/mol. The van der Waals surface area contributed by atoms with Gasteiger partial charge in [0.1, 0.15) is 0 Å². The molecule has 2 aromatic carbocycles. The summed E-state index contributed by atoms with van der Waals surface area (Å²) in [6.45, 7) is 2.93. The molecule has 5 nitrogen and oxygen atoms in total. The zero-order valence-corrected chi connectivity index (χ0v) is 14.4. The van der Waals surface area contributed by atoms with Crippen LogP contribution in [0.2, 0.25) is 0 Å². The number of hydrogen-bond donors (Lipinski definition) is 1. The third-order valence-corrected chi connectivity index (χ3v) is 4.17. The van der Waals surface area contributed by atoms with Crippen LogP contribution >= 0.6 is 0 Å². The lowest BCUT2D eigenvalue weighted by Gasteiger charge is -2.15. The molecule has 25 heavy (non-hydrogen) atoms. The number of benzene rings is 2. The fourth-order valence-corrected chi connectivity index (χ4v) is 2.75. The smallest absolute Gasteiger partial charge is 0.350 e. The second-order valence-corrected chi connectivity index (χ2v) is 6.35. The number of rotatable bonds is 5. The van der Waals surface area contributed by atoms with Gasteiger partial charge in [0, 0.05) is 23.5 Å². The Labute approximate surface area is 146 Å². The van der Waals surface area contributed by atoms with E-state index in [1.165, 1.54) is 13.8 Å². The second-order valence-electron chi connectivity index (χ2n) is 6.35. The predicted molar refractivity (Wildman–Crippen MR) is 98.7 cm³/mol. The SMILES string of the molecule is Cn1c(-c2ccccc2)c(C=NOC(C)(C)C(=O)O)c2ccccc21. The van der Waals surface area contributed by atoms with E-state index in [2.05, 4.69) is 9.72 Å². The van der Waals surface area contributed by atoms with Crippen molar-refractivity contribution in [3.8, 4) is 11.3 Å². The van der Waals surface area contributed by atoms with E-state index in [0.717, 1.165) is 27.7 Å². The Kier molecular flexibility index (Phi) is 4.31. The Balaban J connectivity index is 2.12. The zero-order valence-electron chi connectivity index (χ0n) is 14.4. The number of oxime groups is 1. The van der Waals surface area contributed by atoms with Gasteiger partial charge in [-0.25, -0.2) is 4.79 Å². The summed E-state index contributed by atoms with van der Waals surface area (Å²) < 4.78 is 2.11. The fourth-order valence-electron chi connectivity index (χ4n) is 2.75. The van der Waals surface area contributed by atoms with Crippen molar-refractivity contribution in [3.63, 3.8) is 0 Å². The average Bonchev–Trinajstić information content (AvgIpc) is 2.88. The van der Waals surface area contributed by atoms with Gasteiger partial charge in [-0.15, -0.1) is 0 Å². The van der Waals surface area contributed by atoms with E-state index in [0.29, 0.717) is 0 Å². The van der Waals surface area contributed by atoms with Crippen LogP contribution in [0.15, 0.2) is 59.8 Å². The lowest BCUT2D eigenvalue weighted by Crippen LogP contribution is -2.32. The Bertz CT molecular complexity index is 940. The highest BCUT2D eigenvalue weighted by Crippen LogP contribution is 2.31. The minimum atomic E-state index is -1.38. The molecule has 0 bridgehead atoms. The molecule has 0 radical (unpaired) electrons. The van der Waals surface area contributed by atoms with Gasteiger partial charge in [-0.3, -0.25) is 0 Å². The van der Waals surface area contributed by atoms with Crippen LogP contribution in [-0.4, -0.2) is 27.5 Å². The molecule has 5 heteroatoms. The van der Waals surface area contributed by atoms with E-state index in [9.17, 15) is 4.79 Å². The van der Waals surface area contributed by atoms with E-state index in [1.54, 1.807) is 6.21 Å². The van der Waals surface area contributed by atoms with Crippen LogP contribution in [0.25, 0.3) is 22.2 Å². The molecular weight excluding hydrogens is 316 g/mol. The molecule has 0 aliphatic rings. The molecule has 0 spiro atoms. The molecule has 3 rings (SSSR count). The van der Waals surface area contributed by atoms with Crippen molar-refractivity contribution in [1.29, 1.82) is 0 Å². The minimum Gasteiger partial charge on any atom is -0.478 e. The molecule has 0 saturated carbocycles. The summed E-state index contributed by atoms with van der Waals surface area (Å²) in [4.78, 5) is 16.4. The summed E-state index contributed by atoms with van der Waals surface area (Å²) in [6.07, 6.45) is 1.59. The minimum absolute atomic E-state index is 0.894. The highest BCUT2D eigenvalue weighted by atomic mass is 16.7. The molecule has 1 heterocycles. The van der Waals surface area contributed by atoms with E-state index >= 15 is 0 Å². The van der Waals surface area contributed by atoms with Gasteiger partial charge in [0.2, 0.25) is 5.60 Å². The Morgan fingerprint density at radius 1 is 1.12 bits per heavy atom. The van der Waals surface area contributed by atoms with Crippen LogP contribution < -0.4 is 0 Å². The van der Waals surface area contributed by atoms with Crippen LogP contribution in [0.4, 0.5) is 0 Å². The second kappa shape index (κ2) is 6.43. The molecule has 1 N–H and O–H groups in total. The molecule has 0 fully saturated rings. The van der Waals surface area contributed by atoms with Crippen LogP contribution in [0.3, 0.4) is 0 Å². The number of carbonyl (C=O) groups is 1. The Hall–Kier alpha value is -3.08. The van der Waals surface area contributed by atoms with Gasteiger partial charge in [0.15, 0.2) is 0 Å². The van der Waals surface area contributed by atoms with Crippen molar-refractivity contribution < 1.29 is 14.7 Å². The Morgan fingerprint density at radius 2 is 1.76 bits per heavy atom. The molecule has 0 aliphatic carbocycles. The predicted octanol–water partition coefficient (Wildman–Crippen LogP) is 4.06. The Morgan fingerprint density at radius 3 is 2.44 bits per heavy atom. The number of nitrogens with zero attached hydrogens (tertiary/aromatic N) is 2. The van der Waals surface area contributed by atoms with E-state index in [4.69, 9.17) is 9.94 Å². The summed E-state index contributed by atoms with van der Waals surface area (Å²) in [6, 6.07) is 18.0. The van der Waals surface area contributed by atoms with Crippen LogP contribution in [-0.2, 0) is 16.7 Å². The van der Waals surface area contributed by atoms with E-state index in [-0.39, 0.29) is 0 Å². The molecule has 0 saturated heterocycles. The molecule has 0 aliphatic heterocycles. The maximum atomic E-state index is 11.2. The standard InChI is InChI=1S/C20H20N2O3/c1-20(2,19(23)24)25-21-13-16-15-11-7-8-12-17(15)22(3)18(16)14-9-5-4-6-10-14/h4-13H,1-3H3,(H,23,24). The van der Waals surface area contributed by atoms with Crippen LogP contribution in [0, 0.1) is 0 Å². The number of aromatic nitrogens is 1. The first-order valence-electron chi connectivity index (χ1n) is 7.99. The van der Waals surface area contributed by atoms with Gasteiger partial charge in [-0.2, -0.15) is 0 Å². The van der Waals surface area contributed by atoms with Crippen molar-refractivity contribution in [2.24, 2.45) is 12.2 Å². The number of hydrogen-bond acceptors (Lipinski definition) is 3. The lowest BCUT2D eigenvalue weighted by molar-refractivity contribution is -0.161. The third-order valence-electron chi connectivity index (χ3n) is 4.17. The zero-order chi connectivity index (χ0) is 18.0. The molecule has 0 amide bonds. The summed E-state index contributed by atoms with van der Waals surface area (Å²) in [5, 5.41) is 14.1. The summed E-state index contributed by atoms with van der Waals surface area (Å²) in [5.74, 6) is -1.06. The maximum Gasteiger partial charge on any atom is 0.350 e. The van der Waals surface area contributed by atoms with Gasteiger partial charge in [-0.1, -0.05) is 53.7 Å². The van der Waals surface area contributed by atoms with Crippen molar-refractivity contribution in [2.75, 3.05) is 0 Å². The molecule has 3 aromatic rings. The van der Waals surface area contributed by atoms with Gasteiger partial charge in [-0.05, 0) is 25.5 Å². The topological polar surface area (TPSA) is 63.8 Å². The molecule has 0 unspecified atom stereocenters. The van der Waals surface area contributed by atoms with Gasteiger partial charge < -0.3 is 14.5 Å². The first kappa shape index (κ1) is 16.8. The van der Waals surface area contributed by atoms with Gasteiger partial charge in [0.05, 0.1) is 11.9 Å². The molecule has 1 aromatic heterocycles. The molecule has 128 valence electrons. The largest absolute Gasteiger partial charge is 0.478 e. The summed E-state index contributed by atoms with van der Waals surface area (Å²) >= 11 is 0. The fraction of sp³-hybridized carbons (Fsp3) is 0.200. The summed E-state index contributed by atoms with van der Waals surface area (Å²) in [7, 11) is 2.00. The first-order chi connectivity index (χ1) is 11.9. The third kappa shape index (κ3) is 3.13. The highest BCUT2D eigenvalue weighted by molar-refractivity contribution is 6.06.